The van der Waals surface area contributed by atoms with Crippen molar-refractivity contribution in [1.82, 2.24) is 4.98 Å². The Bertz CT molecular complexity index is 1470. The number of ether oxygens (including phenoxy) is 1. The van der Waals surface area contributed by atoms with Crippen LogP contribution in [0.25, 0.3) is 5.76 Å². The highest BCUT2D eigenvalue weighted by Gasteiger charge is 2.47. The van der Waals surface area contributed by atoms with Crippen LogP contribution in [0.3, 0.4) is 0 Å². The van der Waals surface area contributed by atoms with Crippen molar-refractivity contribution in [3.8, 4) is 6.07 Å². The highest BCUT2D eigenvalue weighted by molar-refractivity contribution is 7.96. The second-order valence-electron chi connectivity index (χ2n) is 7.92. The van der Waals surface area contributed by atoms with Gasteiger partial charge in [-0.2, -0.15) is 5.26 Å². The van der Waals surface area contributed by atoms with Crippen LogP contribution >= 0.6 is 0 Å². The predicted octanol–water partition coefficient (Wildman–Crippen LogP) is 3.92. The highest BCUT2D eigenvalue weighted by Crippen LogP contribution is 2.51. The van der Waals surface area contributed by atoms with Gasteiger partial charge < -0.3 is 10.5 Å². The van der Waals surface area contributed by atoms with Crippen molar-refractivity contribution in [2.24, 2.45) is 5.73 Å². The lowest BCUT2D eigenvalue weighted by Gasteiger charge is -2.38. The van der Waals surface area contributed by atoms with Gasteiger partial charge in [0.15, 0.2) is 5.76 Å². The monoisotopic (exact) mass is 456 g/mol. The Morgan fingerprint density at radius 2 is 1.97 bits per heavy atom. The van der Waals surface area contributed by atoms with Gasteiger partial charge in [0.05, 0.1) is 18.2 Å². The maximum absolute atomic E-state index is 14.1. The Balaban J connectivity index is 1.76. The minimum absolute atomic E-state index is 0.00685. The molecule has 2 aliphatic heterocycles. The smallest absolute Gasteiger partial charge is 0.265 e. The fourth-order valence-electron chi connectivity index (χ4n) is 4.34. The number of hydrogen-bond acceptors (Lipinski definition) is 6. The summed E-state index contributed by atoms with van der Waals surface area (Å²) in [6.07, 6.45) is 3.14. The van der Waals surface area contributed by atoms with Crippen molar-refractivity contribution in [3.63, 3.8) is 0 Å². The first-order valence-corrected chi connectivity index (χ1v) is 11.7. The molecule has 0 saturated carbocycles. The number of anilines is 1. The molecule has 1 aromatic heterocycles. The van der Waals surface area contributed by atoms with Gasteiger partial charge >= 0.3 is 0 Å². The fourth-order valence-corrected chi connectivity index (χ4v) is 6.25. The average molecular weight is 457 g/mol. The van der Waals surface area contributed by atoms with Crippen molar-refractivity contribution >= 4 is 21.5 Å². The van der Waals surface area contributed by atoms with Crippen molar-refractivity contribution in [1.29, 1.82) is 5.26 Å². The Kier molecular flexibility index (Phi) is 4.91. The molecular formula is C25H20N4O3S. The van der Waals surface area contributed by atoms with E-state index in [0.717, 1.165) is 11.1 Å². The van der Waals surface area contributed by atoms with Gasteiger partial charge in [0.25, 0.3) is 10.0 Å². The summed E-state index contributed by atoms with van der Waals surface area (Å²) in [7, 11) is -4.09. The number of allylic oxidation sites excluding steroid dienone is 2. The van der Waals surface area contributed by atoms with E-state index in [1.807, 2.05) is 37.3 Å². The number of pyridine rings is 1. The van der Waals surface area contributed by atoms with Gasteiger partial charge in [-0.05, 0) is 36.2 Å². The third kappa shape index (κ3) is 3.34. The zero-order chi connectivity index (χ0) is 23.2. The summed E-state index contributed by atoms with van der Waals surface area (Å²) >= 11 is 0. The molecule has 0 radical (unpaired) electrons. The lowest BCUT2D eigenvalue weighted by atomic mass is 9.89. The SMILES string of the molecule is Cc1cccc(CN2c3ccccc3C3=C([C@@H](c4cccnc4)C(C#N)=C(N)O3)S2(=O)=O)c1. The van der Waals surface area contributed by atoms with Crippen LogP contribution in [0.5, 0.6) is 0 Å². The standard InChI is InChI=1S/C25H20N4O3S/c1-16-6-4-7-17(12-16)15-29-21-10-3-2-9-19(21)23-24(33(29,30)31)22(18-8-5-11-28-14-18)20(13-26)25(27)32-23/h2-12,14,22H,15,27H2,1H3/t22-/m0/s1. The molecule has 164 valence electrons. The van der Waals surface area contributed by atoms with E-state index in [-0.39, 0.29) is 28.7 Å². The third-order valence-electron chi connectivity index (χ3n) is 5.78. The van der Waals surface area contributed by atoms with E-state index in [9.17, 15) is 13.7 Å². The van der Waals surface area contributed by atoms with Crippen LogP contribution in [0.15, 0.2) is 89.4 Å². The molecule has 5 rings (SSSR count). The topological polar surface area (TPSA) is 109 Å². The molecule has 7 nitrogen and oxygen atoms in total. The van der Waals surface area contributed by atoms with Gasteiger partial charge in [-0.15, -0.1) is 0 Å². The normalized spacial score (nSPS) is 18.8. The van der Waals surface area contributed by atoms with E-state index in [2.05, 4.69) is 11.1 Å². The molecule has 2 aliphatic rings. The first-order chi connectivity index (χ1) is 15.9. The quantitative estimate of drug-likeness (QED) is 0.640. The molecule has 0 bridgehead atoms. The van der Waals surface area contributed by atoms with Crippen molar-refractivity contribution in [2.45, 2.75) is 19.4 Å². The second-order valence-corrected chi connectivity index (χ2v) is 9.75. The van der Waals surface area contributed by atoms with E-state index in [0.29, 0.717) is 16.8 Å². The van der Waals surface area contributed by atoms with Gasteiger partial charge in [-0.25, -0.2) is 8.42 Å². The minimum Gasteiger partial charge on any atom is -0.439 e. The van der Waals surface area contributed by atoms with Crippen LogP contribution in [0.4, 0.5) is 5.69 Å². The molecule has 0 amide bonds. The van der Waals surface area contributed by atoms with Crippen LogP contribution < -0.4 is 10.0 Å². The van der Waals surface area contributed by atoms with Crippen LogP contribution in [0, 0.1) is 18.3 Å². The van der Waals surface area contributed by atoms with E-state index < -0.39 is 15.9 Å². The summed E-state index contributed by atoms with van der Waals surface area (Å²) in [6.45, 7) is 2.10. The molecule has 0 saturated heterocycles. The van der Waals surface area contributed by atoms with E-state index in [1.165, 1.54) is 4.31 Å². The molecule has 3 aromatic rings. The van der Waals surface area contributed by atoms with Gasteiger partial charge in [0.2, 0.25) is 5.88 Å². The number of aryl methyl sites for hydroxylation is 1. The summed E-state index contributed by atoms with van der Waals surface area (Å²) in [6, 6.07) is 20.3. The first kappa shape index (κ1) is 20.8. The summed E-state index contributed by atoms with van der Waals surface area (Å²) in [5.41, 5.74) is 9.69. The molecule has 1 atom stereocenters. The number of sulfonamides is 1. The summed E-state index contributed by atoms with van der Waals surface area (Å²) in [5.74, 6) is -0.885. The molecule has 8 heteroatoms. The molecule has 0 fully saturated rings. The Hall–Kier alpha value is -4.09. The lowest BCUT2D eigenvalue weighted by molar-refractivity contribution is 0.357. The van der Waals surface area contributed by atoms with E-state index in [4.69, 9.17) is 10.5 Å². The summed E-state index contributed by atoms with van der Waals surface area (Å²) < 4.78 is 35.5. The lowest BCUT2D eigenvalue weighted by Crippen LogP contribution is -2.39. The number of hydrogen-bond donors (Lipinski definition) is 1. The van der Waals surface area contributed by atoms with Crippen molar-refractivity contribution < 1.29 is 13.2 Å². The largest absolute Gasteiger partial charge is 0.439 e. The zero-order valence-electron chi connectivity index (χ0n) is 17.8. The predicted molar refractivity (Wildman–Crippen MR) is 125 cm³/mol. The molecule has 2 aromatic carbocycles. The third-order valence-corrected chi connectivity index (χ3v) is 7.67. The molecule has 0 unspecified atom stereocenters. The molecule has 0 spiro atoms. The molecule has 0 aliphatic carbocycles. The van der Waals surface area contributed by atoms with E-state index >= 15 is 0 Å². The molecule has 33 heavy (non-hydrogen) atoms. The van der Waals surface area contributed by atoms with Crippen molar-refractivity contribution in [2.75, 3.05) is 4.31 Å². The number of rotatable bonds is 3. The number of nitrogens with two attached hydrogens (primary N) is 1. The molecule has 2 N–H and O–H groups in total. The Labute approximate surface area is 192 Å². The minimum atomic E-state index is -4.09. The van der Waals surface area contributed by atoms with Gasteiger partial charge in [0, 0.05) is 18.0 Å². The highest BCUT2D eigenvalue weighted by atomic mass is 32.2. The number of nitriles is 1. The first-order valence-electron chi connectivity index (χ1n) is 10.3. The van der Waals surface area contributed by atoms with E-state index in [1.54, 1.807) is 42.7 Å². The molecular weight excluding hydrogens is 436 g/mol. The fraction of sp³-hybridized carbons (Fsp3) is 0.120. The van der Waals surface area contributed by atoms with Crippen LogP contribution in [0.2, 0.25) is 0 Å². The number of nitrogens with zero attached hydrogens (tertiary/aromatic N) is 3. The van der Waals surface area contributed by atoms with Gasteiger partial charge in [-0.1, -0.05) is 48.0 Å². The van der Waals surface area contributed by atoms with Crippen LogP contribution in [0.1, 0.15) is 28.2 Å². The zero-order valence-corrected chi connectivity index (χ0v) is 18.6. The van der Waals surface area contributed by atoms with Crippen molar-refractivity contribution in [3.05, 3.63) is 112 Å². The maximum atomic E-state index is 14.1. The second kappa shape index (κ2) is 7.80. The molecule has 3 heterocycles. The number of aromatic nitrogens is 1. The van der Waals surface area contributed by atoms with Crippen LogP contribution in [-0.2, 0) is 21.3 Å². The Morgan fingerprint density at radius 3 is 2.70 bits per heavy atom. The summed E-state index contributed by atoms with van der Waals surface area (Å²) in [4.78, 5) is 4.13. The maximum Gasteiger partial charge on any atom is 0.265 e. The van der Waals surface area contributed by atoms with Gasteiger partial charge in [-0.3, -0.25) is 9.29 Å². The van der Waals surface area contributed by atoms with Crippen LogP contribution in [-0.4, -0.2) is 13.4 Å². The number of para-hydroxylation sites is 1. The average Bonchev–Trinajstić information content (AvgIpc) is 2.81. The summed E-state index contributed by atoms with van der Waals surface area (Å²) in [5, 5.41) is 9.86. The number of fused-ring (bicyclic) bond motifs is 2. The Morgan fingerprint density at radius 1 is 1.15 bits per heavy atom. The number of benzene rings is 2. The van der Waals surface area contributed by atoms with Gasteiger partial charge in [0.1, 0.15) is 16.5 Å².